The van der Waals surface area contributed by atoms with Crippen LogP contribution < -0.4 is 0 Å². The third-order valence-electron chi connectivity index (χ3n) is 4.86. The number of likely N-dealkylation sites (tertiary alicyclic amines) is 1. The first-order valence-corrected chi connectivity index (χ1v) is 8.92. The minimum absolute atomic E-state index is 0.0154. The minimum atomic E-state index is -0.0154. The van der Waals surface area contributed by atoms with Crippen molar-refractivity contribution in [3.8, 4) is 0 Å². The molecule has 0 spiro atoms. The fraction of sp³-hybridized carbons (Fsp3) is 0.474. The Balaban J connectivity index is 1.54. The van der Waals surface area contributed by atoms with E-state index in [0.29, 0.717) is 5.92 Å². The molecular formula is C19H24ClN3O. The molecule has 2 aromatic rings. The number of aromatic nitrogens is 2. The molecule has 2 heterocycles. The van der Waals surface area contributed by atoms with Crippen molar-refractivity contribution < 1.29 is 4.79 Å². The quantitative estimate of drug-likeness (QED) is 0.848. The first-order valence-electron chi connectivity index (χ1n) is 8.54. The van der Waals surface area contributed by atoms with Crippen LogP contribution in [0, 0.1) is 5.92 Å². The van der Waals surface area contributed by atoms with Gasteiger partial charge in [-0.1, -0.05) is 30.7 Å². The van der Waals surface area contributed by atoms with Crippen LogP contribution in [-0.4, -0.2) is 33.7 Å². The van der Waals surface area contributed by atoms with E-state index in [1.54, 1.807) is 0 Å². The fourth-order valence-corrected chi connectivity index (χ4v) is 3.71. The van der Waals surface area contributed by atoms with Gasteiger partial charge in [-0.15, -0.1) is 0 Å². The largest absolute Gasteiger partial charge is 0.342 e. The smallest absolute Gasteiger partial charge is 0.225 e. The van der Waals surface area contributed by atoms with Crippen LogP contribution in [0.4, 0.5) is 0 Å². The normalized spacial score (nSPS) is 17.0. The van der Waals surface area contributed by atoms with Gasteiger partial charge in [0, 0.05) is 37.3 Å². The molecule has 0 saturated carbocycles. The van der Waals surface area contributed by atoms with Gasteiger partial charge in [-0.3, -0.25) is 9.48 Å². The lowest BCUT2D eigenvalue weighted by atomic mass is 9.90. The highest BCUT2D eigenvalue weighted by molar-refractivity contribution is 6.30. The van der Waals surface area contributed by atoms with Gasteiger partial charge in [-0.25, -0.2) is 0 Å². The second kappa shape index (κ2) is 7.39. The molecule has 0 radical (unpaired) electrons. The van der Waals surface area contributed by atoms with Crippen LogP contribution in [0.3, 0.4) is 0 Å². The highest BCUT2D eigenvalue weighted by atomic mass is 35.5. The molecule has 1 amide bonds. The number of hydrogen-bond donors (Lipinski definition) is 0. The molecule has 1 aromatic carbocycles. The van der Waals surface area contributed by atoms with Crippen molar-refractivity contribution in [2.75, 3.05) is 13.1 Å². The van der Waals surface area contributed by atoms with E-state index in [9.17, 15) is 4.79 Å². The van der Waals surface area contributed by atoms with Gasteiger partial charge in [0.25, 0.3) is 0 Å². The maximum absolute atomic E-state index is 12.7. The summed E-state index contributed by atoms with van der Waals surface area (Å²) < 4.78 is 1.85. The molecule has 0 aliphatic carbocycles. The van der Waals surface area contributed by atoms with Crippen LogP contribution in [0.5, 0.6) is 0 Å². The first kappa shape index (κ1) is 17.0. The van der Waals surface area contributed by atoms with Crippen molar-refractivity contribution in [2.45, 2.75) is 32.1 Å². The molecule has 1 aliphatic heterocycles. The molecule has 0 bridgehead atoms. The van der Waals surface area contributed by atoms with E-state index in [4.69, 9.17) is 11.6 Å². The zero-order chi connectivity index (χ0) is 17.1. The van der Waals surface area contributed by atoms with Crippen LogP contribution in [0.2, 0.25) is 5.02 Å². The van der Waals surface area contributed by atoms with E-state index in [1.807, 2.05) is 54.0 Å². The molecule has 5 heteroatoms. The third-order valence-corrected chi connectivity index (χ3v) is 5.09. The van der Waals surface area contributed by atoms with Crippen LogP contribution >= 0.6 is 11.6 Å². The van der Waals surface area contributed by atoms with Crippen molar-refractivity contribution in [1.29, 1.82) is 0 Å². The van der Waals surface area contributed by atoms with Crippen LogP contribution in [0.15, 0.2) is 36.7 Å². The lowest BCUT2D eigenvalue weighted by Gasteiger charge is -2.33. The highest BCUT2D eigenvalue weighted by Gasteiger charge is 2.27. The van der Waals surface area contributed by atoms with Crippen LogP contribution in [0.1, 0.15) is 36.8 Å². The number of nitrogens with zero attached hydrogens (tertiary/aromatic N) is 3. The number of benzene rings is 1. The van der Waals surface area contributed by atoms with Gasteiger partial charge >= 0.3 is 0 Å². The van der Waals surface area contributed by atoms with Gasteiger partial charge in [0.15, 0.2) is 0 Å². The molecule has 4 nitrogen and oxygen atoms in total. The summed E-state index contributed by atoms with van der Waals surface area (Å²) in [7, 11) is 1.94. The first-order chi connectivity index (χ1) is 11.5. The second-order valence-corrected chi connectivity index (χ2v) is 7.22. The van der Waals surface area contributed by atoms with Crippen LogP contribution in [0.25, 0.3) is 0 Å². The predicted molar refractivity (Wildman–Crippen MR) is 96.1 cm³/mol. The van der Waals surface area contributed by atoms with Crippen LogP contribution in [-0.2, 0) is 18.3 Å². The Labute approximate surface area is 148 Å². The number of amides is 1. The molecule has 0 N–H and O–H groups in total. The molecule has 1 aliphatic rings. The molecule has 1 saturated heterocycles. The molecule has 1 fully saturated rings. The van der Waals surface area contributed by atoms with Gasteiger partial charge in [-0.2, -0.15) is 5.10 Å². The number of carbonyl (C=O) groups is 1. The topological polar surface area (TPSA) is 38.1 Å². The Morgan fingerprint density at radius 1 is 1.38 bits per heavy atom. The average molecular weight is 346 g/mol. The van der Waals surface area contributed by atoms with E-state index in [1.165, 1.54) is 5.56 Å². The van der Waals surface area contributed by atoms with E-state index >= 15 is 0 Å². The summed E-state index contributed by atoms with van der Waals surface area (Å²) in [5.41, 5.74) is 2.41. The van der Waals surface area contributed by atoms with E-state index < -0.39 is 0 Å². The Morgan fingerprint density at radius 3 is 2.75 bits per heavy atom. The number of piperidine rings is 1. The Bertz CT molecular complexity index is 704. The molecule has 1 aromatic heterocycles. The number of halogens is 1. The zero-order valence-electron chi connectivity index (χ0n) is 14.3. The number of aryl methyl sites for hydroxylation is 1. The van der Waals surface area contributed by atoms with Crippen molar-refractivity contribution in [2.24, 2.45) is 13.0 Å². The summed E-state index contributed by atoms with van der Waals surface area (Å²) in [6, 6.07) is 7.78. The summed E-state index contributed by atoms with van der Waals surface area (Å²) in [5.74, 6) is 0.754. The monoisotopic (exact) mass is 345 g/mol. The Morgan fingerprint density at radius 2 is 2.12 bits per heavy atom. The summed E-state index contributed by atoms with van der Waals surface area (Å²) in [6.45, 7) is 3.67. The molecular weight excluding hydrogens is 322 g/mol. The standard InChI is InChI=1S/C19H24ClN3O/c1-14(10-15-4-3-5-18(20)11-15)19(24)23-8-6-16(7-9-23)17-12-21-22(2)13-17/h3-5,11-14,16H,6-10H2,1-2H3/t14-/m0/s1. The fourth-order valence-electron chi connectivity index (χ4n) is 3.50. The third kappa shape index (κ3) is 3.99. The zero-order valence-corrected chi connectivity index (χ0v) is 15.0. The molecule has 24 heavy (non-hydrogen) atoms. The van der Waals surface area contributed by atoms with Crippen molar-refractivity contribution >= 4 is 17.5 Å². The predicted octanol–water partition coefficient (Wildman–Crippen LogP) is 3.66. The number of hydrogen-bond acceptors (Lipinski definition) is 2. The number of carbonyl (C=O) groups excluding carboxylic acids is 1. The summed E-state index contributed by atoms with van der Waals surface area (Å²) >= 11 is 6.03. The number of rotatable bonds is 4. The summed E-state index contributed by atoms with van der Waals surface area (Å²) in [5, 5.41) is 4.98. The summed E-state index contributed by atoms with van der Waals surface area (Å²) in [4.78, 5) is 14.7. The SMILES string of the molecule is C[C@@H](Cc1cccc(Cl)c1)C(=O)N1CCC(c2cnn(C)c2)CC1. The van der Waals surface area contributed by atoms with Gasteiger partial charge in [-0.05, 0) is 48.4 Å². The van der Waals surface area contributed by atoms with E-state index in [2.05, 4.69) is 11.3 Å². The van der Waals surface area contributed by atoms with Gasteiger partial charge < -0.3 is 4.90 Å². The molecule has 128 valence electrons. The van der Waals surface area contributed by atoms with Gasteiger partial charge in [0.1, 0.15) is 0 Å². The van der Waals surface area contributed by atoms with E-state index in [0.717, 1.165) is 42.9 Å². The maximum Gasteiger partial charge on any atom is 0.225 e. The summed E-state index contributed by atoms with van der Waals surface area (Å²) in [6.07, 6.45) is 6.80. The van der Waals surface area contributed by atoms with Crippen molar-refractivity contribution in [3.63, 3.8) is 0 Å². The average Bonchev–Trinajstić information content (AvgIpc) is 3.01. The van der Waals surface area contributed by atoms with Crippen molar-refractivity contribution in [3.05, 3.63) is 52.8 Å². The van der Waals surface area contributed by atoms with Crippen molar-refractivity contribution in [1.82, 2.24) is 14.7 Å². The lowest BCUT2D eigenvalue weighted by Crippen LogP contribution is -2.41. The molecule has 0 unspecified atom stereocenters. The van der Waals surface area contributed by atoms with E-state index in [-0.39, 0.29) is 11.8 Å². The Kier molecular flexibility index (Phi) is 5.24. The maximum atomic E-state index is 12.7. The Hall–Kier alpha value is -1.81. The molecule has 3 rings (SSSR count). The second-order valence-electron chi connectivity index (χ2n) is 6.78. The molecule has 1 atom stereocenters. The van der Waals surface area contributed by atoms with Gasteiger partial charge in [0.05, 0.1) is 6.20 Å². The van der Waals surface area contributed by atoms with Gasteiger partial charge in [0.2, 0.25) is 5.91 Å². The minimum Gasteiger partial charge on any atom is -0.342 e. The highest BCUT2D eigenvalue weighted by Crippen LogP contribution is 2.28. The lowest BCUT2D eigenvalue weighted by molar-refractivity contribution is -0.136.